The number of alkyl halides is 1. The summed E-state index contributed by atoms with van der Waals surface area (Å²) >= 11 is 1.90. The van der Waals surface area contributed by atoms with Crippen LogP contribution >= 0.6 is 11.8 Å². The van der Waals surface area contributed by atoms with Gasteiger partial charge < -0.3 is 9.64 Å². The van der Waals surface area contributed by atoms with E-state index in [4.69, 9.17) is 4.74 Å². The molecule has 0 bridgehead atoms. The van der Waals surface area contributed by atoms with E-state index in [9.17, 15) is 9.18 Å². The lowest BCUT2D eigenvalue weighted by Crippen LogP contribution is -2.62. The Balaban J connectivity index is 1.28. The van der Waals surface area contributed by atoms with Gasteiger partial charge in [0.1, 0.15) is 18.0 Å². The minimum atomic E-state index is -0.762. The third kappa shape index (κ3) is 2.57. The summed E-state index contributed by atoms with van der Waals surface area (Å²) < 4.78 is 19.0. The van der Waals surface area contributed by atoms with Gasteiger partial charge in [-0.2, -0.15) is 0 Å². The summed E-state index contributed by atoms with van der Waals surface area (Å²) in [5.74, 6) is 1.84. The second-order valence-corrected chi connectivity index (χ2v) is 8.07. The van der Waals surface area contributed by atoms with Gasteiger partial charge >= 0.3 is 0 Å². The summed E-state index contributed by atoms with van der Waals surface area (Å²) in [6, 6.07) is 3.79. The van der Waals surface area contributed by atoms with Crippen LogP contribution in [0.2, 0.25) is 0 Å². The number of rotatable bonds is 3. The van der Waals surface area contributed by atoms with Crippen LogP contribution in [0.4, 0.5) is 4.39 Å². The number of amides is 1. The zero-order valence-electron chi connectivity index (χ0n) is 12.3. The quantitative estimate of drug-likeness (QED) is 0.856. The molecule has 1 amide bonds. The topological polar surface area (TPSA) is 42.4 Å². The van der Waals surface area contributed by atoms with Crippen molar-refractivity contribution in [3.63, 3.8) is 0 Å². The lowest BCUT2D eigenvalue weighted by atomic mass is 9.80. The molecule has 3 heterocycles. The maximum atomic E-state index is 12.9. The summed E-state index contributed by atoms with van der Waals surface area (Å²) in [6.07, 6.45) is 4.69. The molecule has 4 nitrogen and oxygen atoms in total. The molecule has 1 aromatic rings. The first kappa shape index (κ1) is 14.3. The molecule has 1 saturated carbocycles. The van der Waals surface area contributed by atoms with Crippen LogP contribution in [-0.2, 0) is 4.79 Å². The summed E-state index contributed by atoms with van der Waals surface area (Å²) in [4.78, 5) is 18.1. The van der Waals surface area contributed by atoms with Gasteiger partial charge in [0.25, 0.3) is 0 Å². The first-order valence-corrected chi connectivity index (χ1v) is 8.76. The van der Waals surface area contributed by atoms with Crippen LogP contribution in [0.3, 0.4) is 0 Å². The van der Waals surface area contributed by atoms with Crippen molar-refractivity contribution in [3.8, 4) is 5.75 Å². The van der Waals surface area contributed by atoms with Crippen molar-refractivity contribution in [2.24, 2.45) is 5.92 Å². The highest BCUT2D eigenvalue weighted by Gasteiger charge is 2.53. The Morgan fingerprint density at radius 1 is 1.45 bits per heavy atom. The van der Waals surface area contributed by atoms with E-state index in [0.717, 1.165) is 31.0 Å². The molecular formula is C16H19FN2O2S. The second kappa shape index (κ2) is 5.41. The fourth-order valence-corrected chi connectivity index (χ4v) is 5.04. The number of carbonyl (C=O) groups excluding carboxylic acids is 1. The Morgan fingerprint density at radius 2 is 2.27 bits per heavy atom. The van der Waals surface area contributed by atoms with Crippen LogP contribution < -0.4 is 4.74 Å². The van der Waals surface area contributed by atoms with Crippen LogP contribution in [0, 0.1) is 5.92 Å². The second-order valence-electron chi connectivity index (χ2n) is 6.59. The molecule has 1 spiro atoms. The van der Waals surface area contributed by atoms with Crippen LogP contribution in [0.15, 0.2) is 24.5 Å². The first-order chi connectivity index (χ1) is 10.6. The van der Waals surface area contributed by atoms with Crippen LogP contribution in [0.25, 0.3) is 0 Å². The van der Waals surface area contributed by atoms with Crippen molar-refractivity contribution in [2.75, 3.05) is 18.8 Å². The van der Waals surface area contributed by atoms with Gasteiger partial charge in [-0.05, 0) is 25.0 Å². The van der Waals surface area contributed by atoms with Gasteiger partial charge in [-0.25, -0.2) is 4.39 Å². The zero-order valence-corrected chi connectivity index (χ0v) is 13.1. The third-order valence-corrected chi connectivity index (χ3v) is 6.39. The molecule has 1 aliphatic carbocycles. The van der Waals surface area contributed by atoms with Crippen LogP contribution in [-0.4, -0.2) is 51.7 Å². The number of aromatic nitrogens is 1. The number of carbonyl (C=O) groups is 1. The van der Waals surface area contributed by atoms with E-state index >= 15 is 0 Å². The van der Waals surface area contributed by atoms with E-state index in [1.54, 1.807) is 12.4 Å². The summed E-state index contributed by atoms with van der Waals surface area (Å²) in [6.45, 7) is 1.58. The number of halogens is 1. The number of pyridine rings is 1. The van der Waals surface area contributed by atoms with Crippen molar-refractivity contribution in [1.29, 1.82) is 0 Å². The highest BCUT2D eigenvalue weighted by molar-refractivity contribution is 8.01. The highest BCUT2D eigenvalue weighted by Crippen LogP contribution is 2.47. The largest absolute Gasteiger partial charge is 0.488 e. The third-order valence-electron chi connectivity index (χ3n) is 4.81. The molecule has 2 saturated heterocycles. The molecule has 0 unspecified atom stereocenters. The first-order valence-electron chi connectivity index (χ1n) is 7.77. The van der Waals surface area contributed by atoms with E-state index in [1.165, 1.54) is 0 Å². The van der Waals surface area contributed by atoms with Crippen molar-refractivity contribution in [2.45, 2.75) is 36.3 Å². The maximum absolute atomic E-state index is 12.9. The van der Waals surface area contributed by atoms with E-state index in [1.807, 2.05) is 28.8 Å². The fourth-order valence-electron chi connectivity index (χ4n) is 3.52. The molecule has 6 heteroatoms. The molecule has 1 atom stereocenters. The number of nitrogens with zero attached hydrogens (tertiary/aromatic N) is 2. The summed E-state index contributed by atoms with van der Waals surface area (Å²) in [5, 5.41) is 0. The van der Waals surface area contributed by atoms with Gasteiger partial charge in [0.2, 0.25) is 5.91 Å². The van der Waals surface area contributed by atoms with Gasteiger partial charge in [-0.15, -0.1) is 11.8 Å². The number of thioether (sulfide) groups is 1. The van der Waals surface area contributed by atoms with Crippen molar-refractivity contribution >= 4 is 17.7 Å². The number of ether oxygens (including phenoxy) is 1. The SMILES string of the molecule is O=C(C1CC(F)C1)N1CC2(C[C@H](Oc3cccnc3)CS2)C1. The van der Waals surface area contributed by atoms with E-state index in [-0.39, 0.29) is 22.7 Å². The molecule has 3 fully saturated rings. The minimum Gasteiger partial charge on any atom is -0.488 e. The van der Waals surface area contributed by atoms with Gasteiger partial charge in [0, 0.05) is 37.4 Å². The Morgan fingerprint density at radius 3 is 2.95 bits per heavy atom. The van der Waals surface area contributed by atoms with Gasteiger partial charge in [-0.1, -0.05) is 0 Å². The van der Waals surface area contributed by atoms with Crippen molar-refractivity contribution in [1.82, 2.24) is 9.88 Å². The molecule has 0 aromatic carbocycles. The lowest BCUT2D eigenvalue weighted by molar-refractivity contribution is -0.146. The summed E-state index contributed by atoms with van der Waals surface area (Å²) in [7, 11) is 0. The minimum absolute atomic E-state index is 0.0683. The Bertz CT molecular complexity index is 559. The predicted molar refractivity (Wildman–Crippen MR) is 82.7 cm³/mol. The molecule has 118 valence electrons. The standard InChI is InChI=1S/C16H19FN2O2S/c17-12-4-11(5-12)15(20)19-9-16(10-19)6-14(8-22-16)21-13-2-1-3-18-7-13/h1-3,7,11-12,14H,4-6,8-10H2/t11?,12?,14-/m0/s1. The molecule has 4 rings (SSSR count). The molecule has 0 radical (unpaired) electrons. The maximum Gasteiger partial charge on any atom is 0.225 e. The van der Waals surface area contributed by atoms with E-state index < -0.39 is 6.17 Å². The smallest absolute Gasteiger partial charge is 0.225 e. The Labute approximate surface area is 133 Å². The fraction of sp³-hybridized carbons (Fsp3) is 0.625. The highest BCUT2D eigenvalue weighted by atomic mass is 32.2. The van der Waals surface area contributed by atoms with Crippen molar-refractivity contribution in [3.05, 3.63) is 24.5 Å². The average molecular weight is 322 g/mol. The normalized spacial score (nSPS) is 32.4. The molecule has 1 aromatic heterocycles. The van der Waals surface area contributed by atoms with Gasteiger partial charge in [-0.3, -0.25) is 9.78 Å². The zero-order chi connectivity index (χ0) is 15.2. The molecule has 3 aliphatic rings. The molecule has 22 heavy (non-hydrogen) atoms. The monoisotopic (exact) mass is 322 g/mol. The molecule has 0 N–H and O–H groups in total. The number of hydrogen-bond donors (Lipinski definition) is 0. The lowest BCUT2D eigenvalue weighted by Gasteiger charge is -2.49. The van der Waals surface area contributed by atoms with Crippen LogP contribution in [0.1, 0.15) is 19.3 Å². The van der Waals surface area contributed by atoms with E-state index in [0.29, 0.717) is 12.8 Å². The number of hydrogen-bond acceptors (Lipinski definition) is 4. The van der Waals surface area contributed by atoms with E-state index in [2.05, 4.69) is 4.98 Å². The molecule has 2 aliphatic heterocycles. The Hall–Kier alpha value is -1.30. The molecular weight excluding hydrogens is 303 g/mol. The predicted octanol–water partition coefficient (Wildman–Crippen LogP) is 2.29. The van der Waals surface area contributed by atoms with Crippen LogP contribution in [0.5, 0.6) is 5.75 Å². The number of likely N-dealkylation sites (tertiary alicyclic amines) is 1. The average Bonchev–Trinajstić information content (AvgIpc) is 2.87. The van der Waals surface area contributed by atoms with Gasteiger partial charge in [0.15, 0.2) is 0 Å². The van der Waals surface area contributed by atoms with Crippen molar-refractivity contribution < 1.29 is 13.9 Å². The van der Waals surface area contributed by atoms with Gasteiger partial charge in [0.05, 0.1) is 10.9 Å². The Kier molecular flexibility index (Phi) is 3.51. The summed E-state index contributed by atoms with van der Waals surface area (Å²) in [5.41, 5.74) is 0.